The molecule has 4 N–H and O–H groups in total. The molecule has 3 aromatic carbocycles. The van der Waals surface area contributed by atoms with E-state index in [4.69, 9.17) is 23.8 Å². The minimum atomic E-state index is -4.32. The van der Waals surface area contributed by atoms with Crippen molar-refractivity contribution in [3.63, 3.8) is 0 Å². The molecule has 0 aliphatic carbocycles. The maximum atomic E-state index is 13.1. The lowest BCUT2D eigenvalue weighted by Gasteiger charge is -2.42. The highest BCUT2D eigenvalue weighted by molar-refractivity contribution is 7.53. The molecule has 214 valence electrons. The van der Waals surface area contributed by atoms with Crippen LogP contribution < -0.4 is 13.6 Å². The summed E-state index contributed by atoms with van der Waals surface area (Å²) >= 11 is 0. The first kappa shape index (κ1) is 32.5. The van der Waals surface area contributed by atoms with Crippen molar-refractivity contribution < 1.29 is 42.7 Å². The van der Waals surface area contributed by atoms with Gasteiger partial charge in [-0.1, -0.05) is 68.4 Å². The topological polar surface area (TPSA) is 146 Å². The summed E-state index contributed by atoms with van der Waals surface area (Å²) in [6.07, 6.45) is 0.543. The van der Waals surface area contributed by atoms with Gasteiger partial charge in [-0.3, -0.25) is 9.46 Å². The summed E-state index contributed by atoms with van der Waals surface area (Å²) in [4.78, 5) is 20.4. The Hall–Kier alpha value is -2.68. The summed E-state index contributed by atoms with van der Waals surface area (Å²) in [5, 5.41) is 16.5. The zero-order valence-corrected chi connectivity index (χ0v) is 23.9. The Morgan fingerprint density at radius 2 is 0.949 bits per heavy atom. The second kappa shape index (κ2) is 15.8. The molecule has 39 heavy (non-hydrogen) atoms. The summed E-state index contributed by atoms with van der Waals surface area (Å²) in [7, 11) is -8.20. The molecule has 0 aliphatic rings. The van der Waals surface area contributed by atoms with Crippen molar-refractivity contribution in [2.75, 3.05) is 26.3 Å². The number of nitrogens with zero attached hydrogens (tertiary/aromatic N) is 1. The molecule has 3 rings (SSSR count). The van der Waals surface area contributed by atoms with Crippen LogP contribution in [0.15, 0.2) is 91.0 Å². The Labute approximate surface area is 229 Å². The van der Waals surface area contributed by atoms with Gasteiger partial charge in [-0.05, 0) is 49.2 Å². The van der Waals surface area contributed by atoms with Gasteiger partial charge in [-0.25, -0.2) is 0 Å². The van der Waals surface area contributed by atoms with Gasteiger partial charge < -0.3 is 33.6 Å². The minimum Gasteiger partial charge on any atom is -0.395 e. The van der Waals surface area contributed by atoms with Gasteiger partial charge in [0.2, 0.25) is 0 Å². The van der Waals surface area contributed by atoms with E-state index in [1.54, 1.807) is 86.6 Å². The minimum absolute atomic E-state index is 0.146. The number of aliphatic hydroxyl groups excluding tert-OH is 2. The highest BCUT2D eigenvalue weighted by Crippen LogP contribution is 2.56. The number of rotatable bonds is 14. The zero-order valence-electron chi connectivity index (χ0n) is 22.1. The molecule has 0 atom stereocenters. The molecule has 0 amide bonds. The Bertz CT molecular complexity index is 1060. The Kier molecular flexibility index (Phi) is 13.2. The van der Waals surface area contributed by atoms with Gasteiger partial charge in [-0.15, -0.1) is 0 Å². The zero-order chi connectivity index (χ0) is 28.8. The average Bonchev–Trinajstić information content (AvgIpc) is 2.91. The molecule has 0 saturated heterocycles. The van der Waals surface area contributed by atoms with Gasteiger partial charge in [0.1, 0.15) is 22.5 Å². The molecule has 0 radical (unpaired) electrons. The fourth-order valence-electron chi connectivity index (χ4n) is 3.95. The number of phosphoric ester groups is 1. The average molecular weight is 582 g/mol. The van der Waals surface area contributed by atoms with Gasteiger partial charge in [0, 0.05) is 13.1 Å². The summed E-state index contributed by atoms with van der Waals surface area (Å²) < 4.78 is 41.2. The van der Waals surface area contributed by atoms with Crippen LogP contribution in [0.3, 0.4) is 0 Å². The molecule has 0 fully saturated rings. The van der Waals surface area contributed by atoms with Crippen LogP contribution in [-0.4, -0.2) is 56.5 Å². The molecular weight excluding hydrogens is 544 g/mol. The van der Waals surface area contributed by atoms with Crippen molar-refractivity contribution in [2.45, 2.75) is 32.0 Å². The van der Waals surface area contributed by atoms with E-state index >= 15 is 0 Å². The monoisotopic (exact) mass is 581 g/mol. The quantitative estimate of drug-likeness (QED) is 0.185. The first-order valence-corrected chi connectivity index (χ1v) is 15.6. The normalized spacial score (nSPS) is 11.9. The van der Waals surface area contributed by atoms with Gasteiger partial charge >= 0.3 is 15.4 Å². The van der Waals surface area contributed by atoms with Gasteiger partial charge in [0.15, 0.2) is 0 Å². The second-order valence-electron chi connectivity index (χ2n) is 8.33. The van der Waals surface area contributed by atoms with E-state index in [0.29, 0.717) is 17.2 Å². The highest BCUT2D eigenvalue weighted by Gasteiger charge is 2.48. The lowest BCUT2D eigenvalue weighted by Crippen LogP contribution is -2.50. The molecule has 3 aromatic rings. The van der Waals surface area contributed by atoms with Crippen molar-refractivity contribution in [1.29, 1.82) is 0 Å². The van der Waals surface area contributed by atoms with Crippen molar-refractivity contribution in [2.24, 2.45) is 0 Å². The van der Waals surface area contributed by atoms with E-state index in [0.717, 1.165) is 0 Å². The summed E-state index contributed by atoms with van der Waals surface area (Å²) in [5.74, 6) is 1.22. The van der Waals surface area contributed by atoms with E-state index in [-0.39, 0.29) is 39.1 Å². The number of para-hydroxylation sites is 3. The van der Waals surface area contributed by atoms with Crippen LogP contribution in [-0.2, 0) is 9.13 Å². The SMILES string of the molecule is CCC(CC)(N(CCO)CCO)P(=O)(O)O.O=P(Oc1ccccc1)(Oc1ccccc1)Oc1ccccc1. The summed E-state index contributed by atoms with van der Waals surface area (Å²) in [6.45, 7) is 3.30. The third-order valence-electron chi connectivity index (χ3n) is 5.88. The molecule has 12 heteroatoms. The maximum Gasteiger partial charge on any atom is 0.647 e. The number of phosphoric acid groups is 1. The molecule has 0 unspecified atom stereocenters. The standard InChI is InChI=1S/C18H15O4P.C9H22NO5P/c19-23(20-16-10-4-1-5-11-16,21-17-12-6-2-7-13-17)22-18-14-8-3-9-15-18;1-3-9(4-2,16(13,14)15)10(5-7-11)6-8-12/h1-15H;11-12H,3-8H2,1-2H3,(H2,13,14,15). The summed E-state index contributed by atoms with van der Waals surface area (Å²) in [5.41, 5.74) is 0. The molecule has 0 spiro atoms. The molecule has 0 saturated carbocycles. The molecule has 10 nitrogen and oxygen atoms in total. The lowest BCUT2D eigenvalue weighted by atomic mass is 10.1. The first-order chi connectivity index (χ1) is 18.6. The van der Waals surface area contributed by atoms with Crippen molar-refractivity contribution in [3.05, 3.63) is 91.0 Å². The largest absolute Gasteiger partial charge is 0.647 e. The van der Waals surface area contributed by atoms with Crippen LogP contribution in [0, 0.1) is 0 Å². The van der Waals surface area contributed by atoms with Crippen LogP contribution in [0.25, 0.3) is 0 Å². The maximum absolute atomic E-state index is 13.1. The smallest absolute Gasteiger partial charge is 0.395 e. The first-order valence-electron chi connectivity index (χ1n) is 12.5. The van der Waals surface area contributed by atoms with Gasteiger partial charge in [-0.2, -0.15) is 4.57 Å². The van der Waals surface area contributed by atoms with E-state index in [9.17, 15) is 18.9 Å². The van der Waals surface area contributed by atoms with Crippen molar-refractivity contribution in [1.82, 2.24) is 4.90 Å². The Morgan fingerprint density at radius 3 is 1.18 bits per heavy atom. The fraction of sp³-hybridized carbons (Fsp3) is 0.333. The van der Waals surface area contributed by atoms with Crippen LogP contribution in [0.2, 0.25) is 0 Å². The highest BCUT2D eigenvalue weighted by atomic mass is 31.2. The Balaban J connectivity index is 0.000000295. The molecule has 0 heterocycles. The third kappa shape index (κ3) is 9.78. The predicted octanol–water partition coefficient (Wildman–Crippen LogP) is 5.30. The van der Waals surface area contributed by atoms with Crippen LogP contribution in [0.5, 0.6) is 17.2 Å². The third-order valence-corrected chi connectivity index (χ3v) is 9.19. The van der Waals surface area contributed by atoms with E-state index in [1.165, 1.54) is 4.90 Å². The fourth-order valence-corrected chi connectivity index (χ4v) is 6.59. The van der Waals surface area contributed by atoms with Crippen molar-refractivity contribution >= 4 is 15.4 Å². The van der Waals surface area contributed by atoms with Crippen LogP contribution in [0.4, 0.5) is 0 Å². The number of aliphatic hydroxyl groups is 2. The lowest BCUT2D eigenvalue weighted by molar-refractivity contribution is 0.0757. The van der Waals surface area contributed by atoms with Gasteiger partial charge in [0.05, 0.1) is 13.2 Å². The molecule has 0 bridgehead atoms. The van der Waals surface area contributed by atoms with E-state index in [1.807, 2.05) is 18.2 Å². The number of hydrogen-bond acceptors (Lipinski definition) is 8. The number of benzene rings is 3. The molecule has 0 aliphatic heterocycles. The van der Waals surface area contributed by atoms with Gasteiger partial charge in [0.25, 0.3) is 0 Å². The second-order valence-corrected chi connectivity index (χ2v) is 11.7. The molecule has 0 aromatic heterocycles. The van der Waals surface area contributed by atoms with E-state index < -0.39 is 20.7 Å². The Morgan fingerprint density at radius 1 is 0.641 bits per heavy atom. The number of hydrogen-bond donors (Lipinski definition) is 4. The summed E-state index contributed by atoms with van der Waals surface area (Å²) in [6, 6.07) is 26.4. The van der Waals surface area contributed by atoms with Crippen LogP contribution >= 0.6 is 15.4 Å². The van der Waals surface area contributed by atoms with Crippen LogP contribution in [0.1, 0.15) is 26.7 Å². The predicted molar refractivity (Wildman–Crippen MR) is 150 cm³/mol. The molecular formula is C27H37NO9P2. The van der Waals surface area contributed by atoms with E-state index in [2.05, 4.69) is 0 Å². The van der Waals surface area contributed by atoms with Crippen molar-refractivity contribution in [3.8, 4) is 17.2 Å².